The van der Waals surface area contributed by atoms with Crippen LogP contribution in [-0.4, -0.2) is 50.9 Å². The van der Waals surface area contributed by atoms with E-state index in [0.29, 0.717) is 6.61 Å². The summed E-state index contributed by atoms with van der Waals surface area (Å²) in [6.07, 6.45) is -2.34. The van der Waals surface area contributed by atoms with E-state index >= 15 is 0 Å². The molecule has 0 unspecified atom stereocenters. The van der Waals surface area contributed by atoms with Gasteiger partial charge in [0.2, 0.25) is 0 Å². The van der Waals surface area contributed by atoms with Crippen molar-refractivity contribution in [1.29, 1.82) is 5.26 Å². The maximum Gasteiger partial charge on any atom is 0.253 e. The lowest BCUT2D eigenvalue weighted by Crippen LogP contribution is -2.63. The number of ether oxygens (including phenoxy) is 4. The number of benzene rings is 2. The normalized spacial score (nSPS) is 27.7. The predicted molar refractivity (Wildman–Crippen MR) is 123 cm³/mol. The van der Waals surface area contributed by atoms with E-state index in [2.05, 4.69) is 36.9 Å². The molecule has 0 N–H and O–H groups in total. The van der Waals surface area contributed by atoms with Gasteiger partial charge in [-0.3, -0.25) is 0 Å². The van der Waals surface area contributed by atoms with E-state index in [9.17, 15) is 5.26 Å². The molecule has 2 aromatic rings. The topological polar surface area (TPSA) is 69.9 Å². The Balaban J connectivity index is 1.77. The SMILES string of the molecule is CC1(C)O[C@@H]([C@H](O[Si](C)(c2ccccc2)c2ccccc2)[C@H]2COC(C)(C)O2)[C@@H](C#N)O1. The molecule has 7 heteroatoms. The molecule has 0 bridgehead atoms. The second kappa shape index (κ2) is 8.71. The smallest absolute Gasteiger partial charge is 0.253 e. The van der Waals surface area contributed by atoms with Crippen molar-refractivity contribution < 1.29 is 23.4 Å². The molecule has 2 fully saturated rings. The third-order valence-corrected chi connectivity index (χ3v) is 9.61. The van der Waals surface area contributed by atoms with Gasteiger partial charge in [-0.15, -0.1) is 0 Å². The minimum absolute atomic E-state index is 0.351. The first-order chi connectivity index (χ1) is 15.1. The molecule has 4 atom stereocenters. The molecule has 0 amide bonds. The fourth-order valence-electron chi connectivity index (χ4n) is 4.45. The Morgan fingerprint density at radius 3 is 1.94 bits per heavy atom. The maximum absolute atomic E-state index is 9.82. The van der Waals surface area contributed by atoms with Gasteiger partial charge in [0.15, 0.2) is 17.7 Å². The molecule has 0 aromatic heterocycles. The standard InChI is InChI=1S/C25H31NO5Si/c1-24(2)27-17-21(29-24)23(22-20(16-26)28-25(3,4)30-22)31-32(5,18-12-8-6-9-13-18)19-14-10-7-11-15-19/h6-15,20-23H,17H2,1-5H3/t20-,21-,22-,23-/m1/s1. The van der Waals surface area contributed by atoms with Gasteiger partial charge >= 0.3 is 0 Å². The Kier molecular flexibility index (Phi) is 6.29. The molecule has 0 radical (unpaired) electrons. The quantitative estimate of drug-likeness (QED) is 0.627. The van der Waals surface area contributed by atoms with E-state index in [0.717, 1.165) is 10.4 Å². The molecule has 0 aliphatic carbocycles. The van der Waals surface area contributed by atoms with Gasteiger partial charge in [0.05, 0.1) is 12.7 Å². The van der Waals surface area contributed by atoms with Crippen molar-refractivity contribution in [3.8, 4) is 6.07 Å². The van der Waals surface area contributed by atoms with Crippen LogP contribution in [0.2, 0.25) is 6.55 Å². The number of rotatable bonds is 6. The van der Waals surface area contributed by atoms with Crippen LogP contribution in [0.5, 0.6) is 0 Å². The molecule has 0 spiro atoms. The number of hydrogen-bond donors (Lipinski definition) is 0. The zero-order valence-electron chi connectivity index (χ0n) is 19.3. The van der Waals surface area contributed by atoms with E-state index in [1.807, 2.05) is 64.1 Å². The van der Waals surface area contributed by atoms with E-state index in [1.165, 1.54) is 0 Å². The first kappa shape index (κ1) is 23.1. The summed E-state index contributed by atoms with van der Waals surface area (Å²) in [5.41, 5.74) is 0. The summed E-state index contributed by atoms with van der Waals surface area (Å²) in [4.78, 5) is 0. The molecule has 32 heavy (non-hydrogen) atoms. The molecule has 2 aliphatic heterocycles. The Bertz CT molecular complexity index is 920. The van der Waals surface area contributed by atoms with Crippen LogP contribution in [0.25, 0.3) is 0 Å². The van der Waals surface area contributed by atoms with Crippen LogP contribution in [0, 0.1) is 11.3 Å². The number of nitrogens with zero attached hydrogens (tertiary/aromatic N) is 1. The highest BCUT2D eigenvalue weighted by atomic mass is 28.4. The van der Waals surface area contributed by atoms with Crippen molar-refractivity contribution in [1.82, 2.24) is 0 Å². The second-order valence-corrected chi connectivity index (χ2v) is 12.8. The van der Waals surface area contributed by atoms with Gasteiger partial charge < -0.3 is 23.4 Å². The van der Waals surface area contributed by atoms with Crippen LogP contribution in [0.4, 0.5) is 0 Å². The summed E-state index contributed by atoms with van der Waals surface area (Å²) < 4.78 is 31.3. The van der Waals surface area contributed by atoms with E-state index in [-0.39, 0.29) is 0 Å². The molecular weight excluding hydrogens is 422 g/mol. The molecule has 2 saturated heterocycles. The monoisotopic (exact) mass is 453 g/mol. The zero-order valence-corrected chi connectivity index (χ0v) is 20.3. The molecule has 0 saturated carbocycles. The van der Waals surface area contributed by atoms with Crippen molar-refractivity contribution in [2.24, 2.45) is 0 Å². The van der Waals surface area contributed by atoms with Crippen molar-refractivity contribution in [3.63, 3.8) is 0 Å². The van der Waals surface area contributed by atoms with Gasteiger partial charge in [-0.1, -0.05) is 60.7 Å². The van der Waals surface area contributed by atoms with Crippen molar-refractivity contribution in [2.75, 3.05) is 6.61 Å². The van der Waals surface area contributed by atoms with E-state index < -0.39 is 44.3 Å². The summed E-state index contributed by atoms with van der Waals surface area (Å²) in [5, 5.41) is 12.1. The van der Waals surface area contributed by atoms with Crippen LogP contribution < -0.4 is 10.4 Å². The highest BCUT2D eigenvalue weighted by Gasteiger charge is 2.53. The molecule has 2 aliphatic rings. The average Bonchev–Trinajstić information content (AvgIpc) is 3.30. The maximum atomic E-state index is 9.82. The largest absolute Gasteiger partial charge is 0.400 e. The molecule has 2 heterocycles. The highest BCUT2D eigenvalue weighted by Crippen LogP contribution is 2.36. The minimum atomic E-state index is -2.72. The molecule has 6 nitrogen and oxygen atoms in total. The highest BCUT2D eigenvalue weighted by molar-refractivity contribution is 6.96. The van der Waals surface area contributed by atoms with Gasteiger partial charge in [0.25, 0.3) is 8.32 Å². The lowest BCUT2D eigenvalue weighted by atomic mass is 10.0. The van der Waals surface area contributed by atoms with Crippen LogP contribution in [-0.2, 0) is 23.4 Å². The van der Waals surface area contributed by atoms with E-state index in [4.69, 9.17) is 23.4 Å². The predicted octanol–water partition coefficient (Wildman–Crippen LogP) is 2.96. The molecular formula is C25H31NO5Si. The van der Waals surface area contributed by atoms with Crippen LogP contribution in [0.3, 0.4) is 0 Å². The summed E-state index contributed by atoms with van der Waals surface area (Å²) >= 11 is 0. The van der Waals surface area contributed by atoms with E-state index in [1.54, 1.807) is 0 Å². The van der Waals surface area contributed by atoms with Crippen LogP contribution >= 0.6 is 0 Å². The van der Waals surface area contributed by atoms with Crippen molar-refractivity contribution >= 4 is 18.7 Å². The summed E-state index contributed by atoms with van der Waals surface area (Å²) in [6.45, 7) is 9.92. The Morgan fingerprint density at radius 1 is 0.906 bits per heavy atom. The summed E-state index contributed by atoms with van der Waals surface area (Å²) in [6, 6.07) is 22.8. The third-order valence-electron chi connectivity index (χ3n) is 6.00. The third kappa shape index (κ3) is 4.67. The fraction of sp³-hybridized carbons (Fsp3) is 0.480. The lowest BCUT2D eigenvalue weighted by Gasteiger charge is -2.38. The summed E-state index contributed by atoms with van der Waals surface area (Å²) in [7, 11) is -2.72. The second-order valence-electron chi connectivity index (χ2n) is 9.36. The average molecular weight is 454 g/mol. The summed E-state index contributed by atoms with van der Waals surface area (Å²) in [5.74, 6) is -1.63. The van der Waals surface area contributed by atoms with Gasteiger partial charge in [-0.2, -0.15) is 5.26 Å². The van der Waals surface area contributed by atoms with Crippen molar-refractivity contribution in [2.45, 2.75) is 70.2 Å². The van der Waals surface area contributed by atoms with Gasteiger partial charge in [-0.05, 0) is 44.6 Å². The Labute approximate surface area is 191 Å². The van der Waals surface area contributed by atoms with Crippen molar-refractivity contribution in [3.05, 3.63) is 60.7 Å². The lowest BCUT2D eigenvalue weighted by molar-refractivity contribution is -0.175. The number of hydrogen-bond acceptors (Lipinski definition) is 6. The Morgan fingerprint density at radius 2 is 1.47 bits per heavy atom. The van der Waals surface area contributed by atoms with Crippen LogP contribution in [0.15, 0.2) is 60.7 Å². The Hall–Kier alpha value is -2.05. The first-order valence-electron chi connectivity index (χ1n) is 11.0. The molecule has 170 valence electrons. The number of nitriles is 1. The van der Waals surface area contributed by atoms with Crippen LogP contribution in [0.1, 0.15) is 27.7 Å². The zero-order chi connectivity index (χ0) is 23.0. The van der Waals surface area contributed by atoms with Gasteiger partial charge in [-0.25, -0.2) is 0 Å². The molecule has 2 aromatic carbocycles. The fourth-order valence-corrected chi connectivity index (χ4v) is 7.54. The van der Waals surface area contributed by atoms with Gasteiger partial charge in [0, 0.05) is 0 Å². The first-order valence-corrected chi connectivity index (χ1v) is 13.4. The molecule has 4 rings (SSSR count). The van der Waals surface area contributed by atoms with Gasteiger partial charge in [0.1, 0.15) is 18.3 Å². The minimum Gasteiger partial charge on any atom is -0.400 e.